The molecule has 0 heterocycles. The lowest BCUT2D eigenvalue weighted by Gasteiger charge is -2.15. The van der Waals surface area contributed by atoms with Gasteiger partial charge in [0.25, 0.3) is 5.91 Å². The van der Waals surface area contributed by atoms with Crippen LogP contribution in [-0.4, -0.2) is 24.5 Å². The van der Waals surface area contributed by atoms with Gasteiger partial charge in [-0.1, -0.05) is 26.0 Å². The van der Waals surface area contributed by atoms with E-state index in [1.165, 1.54) is 0 Å². The van der Waals surface area contributed by atoms with Gasteiger partial charge in [0.15, 0.2) is 0 Å². The van der Waals surface area contributed by atoms with Gasteiger partial charge in [-0.15, -0.1) is 0 Å². The summed E-state index contributed by atoms with van der Waals surface area (Å²) in [6, 6.07) is 6.38. The zero-order valence-corrected chi connectivity index (χ0v) is 12.9. The average Bonchev–Trinajstić information content (AvgIpc) is 2.36. The molecule has 1 aromatic rings. The van der Waals surface area contributed by atoms with E-state index in [4.69, 9.17) is 4.74 Å². The Kier molecular flexibility index (Phi) is 6.02. The van der Waals surface area contributed by atoms with Crippen LogP contribution in [0.15, 0.2) is 28.7 Å². The van der Waals surface area contributed by atoms with Crippen molar-refractivity contribution in [3.8, 4) is 0 Å². The zero-order valence-electron chi connectivity index (χ0n) is 11.3. The largest absolute Gasteiger partial charge is 0.464 e. The van der Waals surface area contributed by atoms with Crippen molar-refractivity contribution >= 4 is 27.8 Å². The second-order valence-corrected chi connectivity index (χ2v) is 5.55. The SMILES string of the molecule is CC(C)COC(=O)[C@H](C)NC(=O)c1ccccc1Br. The molecule has 1 amide bonds. The molecule has 0 aromatic heterocycles. The average molecular weight is 328 g/mol. The maximum absolute atomic E-state index is 12.0. The Morgan fingerprint density at radius 2 is 1.89 bits per heavy atom. The molecule has 0 radical (unpaired) electrons. The molecule has 1 aromatic carbocycles. The van der Waals surface area contributed by atoms with Gasteiger partial charge in [-0.2, -0.15) is 0 Å². The van der Waals surface area contributed by atoms with E-state index in [-0.39, 0.29) is 11.8 Å². The van der Waals surface area contributed by atoms with Gasteiger partial charge in [-0.3, -0.25) is 4.79 Å². The Bertz CT molecular complexity index is 460. The lowest BCUT2D eigenvalue weighted by molar-refractivity contribution is -0.146. The molecule has 0 aliphatic heterocycles. The summed E-state index contributed by atoms with van der Waals surface area (Å²) in [5.41, 5.74) is 0.492. The van der Waals surface area contributed by atoms with E-state index in [0.29, 0.717) is 16.6 Å². The van der Waals surface area contributed by atoms with E-state index in [1.807, 2.05) is 19.9 Å². The smallest absolute Gasteiger partial charge is 0.328 e. The van der Waals surface area contributed by atoms with Gasteiger partial charge in [0.05, 0.1) is 12.2 Å². The highest BCUT2D eigenvalue weighted by atomic mass is 79.9. The van der Waals surface area contributed by atoms with Gasteiger partial charge < -0.3 is 10.1 Å². The Labute approximate surface area is 121 Å². The highest BCUT2D eigenvalue weighted by Crippen LogP contribution is 2.15. The van der Waals surface area contributed by atoms with Gasteiger partial charge in [-0.25, -0.2) is 4.79 Å². The molecule has 0 saturated carbocycles. The van der Waals surface area contributed by atoms with E-state index >= 15 is 0 Å². The molecule has 0 fully saturated rings. The molecule has 4 nitrogen and oxygen atoms in total. The molecular weight excluding hydrogens is 310 g/mol. The minimum atomic E-state index is -0.668. The van der Waals surface area contributed by atoms with Crippen LogP contribution < -0.4 is 5.32 Å². The van der Waals surface area contributed by atoms with Crippen molar-refractivity contribution in [2.45, 2.75) is 26.8 Å². The Morgan fingerprint density at radius 3 is 2.47 bits per heavy atom. The van der Waals surface area contributed by atoms with Crippen molar-refractivity contribution in [2.75, 3.05) is 6.61 Å². The normalized spacial score (nSPS) is 12.1. The quantitative estimate of drug-likeness (QED) is 0.846. The van der Waals surface area contributed by atoms with E-state index in [2.05, 4.69) is 21.2 Å². The maximum Gasteiger partial charge on any atom is 0.328 e. The van der Waals surface area contributed by atoms with Crippen LogP contribution in [0.2, 0.25) is 0 Å². The van der Waals surface area contributed by atoms with Crippen LogP contribution in [0.4, 0.5) is 0 Å². The van der Waals surface area contributed by atoms with Crippen LogP contribution in [-0.2, 0) is 9.53 Å². The van der Waals surface area contributed by atoms with Crippen molar-refractivity contribution in [1.82, 2.24) is 5.32 Å². The first-order chi connectivity index (χ1) is 8.91. The number of hydrogen-bond donors (Lipinski definition) is 1. The lowest BCUT2D eigenvalue weighted by atomic mass is 10.2. The third kappa shape index (κ3) is 5.03. The third-order valence-corrected chi connectivity index (χ3v) is 3.07. The topological polar surface area (TPSA) is 55.4 Å². The summed E-state index contributed by atoms with van der Waals surface area (Å²) in [6.45, 7) is 5.88. The number of nitrogens with one attached hydrogen (secondary N) is 1. The Hall–Kier alpha value is -1.36. The van der Waals surface area contributed by atoms with Gasteiger partial charge in [-0.05, 0) is 40.9 Å². The van der Waals surface area contributed by atoms with E-state index in [9.17, 15) is 9.59 Å². The molecule has 0 aliphatic rings. The standard InChI is InChI=1S/C14H18BrNO3/c1-9(2)8-19-14(18)10(3)16-13(17)11-6-4-5-7-12(11)15/h4-7,9-10H,8H2,1-3H3,(H,16,17)/t10-/m0/s1. The van der Waals surface area contributed by atoms with Gasteiger partial charge in [0, 0.05) is 4.47 Å². The monoisotopic (exact) mass is 327 g/mol. The number of benzene rings is 1. The molecule has 1 atom stereocenters. The van der Waals surface area contributed by atoms with E-state index in [0.717, 1.165) is 0 Å². The summed E-state index contributed by atoms with van der Waals surface area (Å²) in [5, 5.41) is 2.62. The van der Waals surface area contributed by atoms with Crippen molar-refractivity contribution in [2.24, 2.45) is 5.92 Å². The first-order valence-corrected chi connectivity index (χ1v) is 6.93. The predicted molar refractivity (Wildman–Crippen MR) is 76.9 cm³/mol. The zero-order chi connectivity index (χ0) is 14.4. The number of rotatable bonds is 5. The number of carbonyl (C=O) groups excluding carboxylic acids is 2. The summed E-state index contributed by atoms with van der Waals surface area (Å²) in [7, 11) is 0. The first-order valence-electron chi connectivity index (χ1n) is 6.14. The molecule has 0 aliphatic carbocycles. The van der Waals surface area contributed by atoms with Gasteiger partial charge >= 0.3 is 5.97 Å². The number of halogens is 1. The minimum Gasteiger partial charge on any atom is -0.464 e. The lowest BCUT2D eigenvalue weighted by Crippen LogP contribution is -2.40. The highest BCUT2D eigenvalue weighted by Gasteiger charge is 2.19. The van der Waals surface area contributed by atoms with Crippen molar-refractivity contribution in [3.63, 3.8) is 0 Å². The van der Waals surface area contributed by atoms with E-state index < -0.39 is 12.0 Å². The van der Waals surface area contributed by atoms with Crippen LogP contribution in [0.1, 0.15) is 31.1 Å². The summed E-state index contributed by atoms with van der Waals surface area (Å²) < 4.78 is 5.76. The molecule has 19 heavy (non-hydrogen) atoms. The van der Waals surface area contributed by atoms with Crippen LogP contribution in [0.25, 0.3) is 0 Å². The van der Waals surface area contributed by atoms with Crippen LogP contribution >= 0.6 is 15.9 Å². The van der Waals surface area contributed by atoms with Crippen LogP contribution in [0.5, 0.6) is 0 Å². The highest BCUT2D eigenvalue weighted by molar-refractivity contribution is 9.10. The number of esters is 1. The maximum atomic E-state index is 12.0. The third-order valence-electron chi connectivity index (χ3n) is 2.38. The van der Waals surface area contributed by atoms with Gasteiger partial charge in [0.1, 0.15) is 6.04 Å². The molecule has 0 saturated heterocycles. The van der Waals surface area contributed by atoms with Crippen molar-refractivity contribution < 1.29 is 14.3 Å². The Morgan fingerprint density at radius 1 is 1.26 bits per heavy atom. The molecule has 1 rings (SSSR count). The van der Waals surface area contributed by atoms with E-state index in [1.54, 1.807) is 25.1 Å². The number of ether oxygens (including phenoxy) is 1. The molecule has 1 N–H and O–H groups in total. The second-order valence-electron chi connectivity index (χ2n) is 4.70. The van der Waals surface area contributed by atoms with Crippen molar-refractivity contribution in [1.29, 1.82) is 0 Å². The van der Waals surface area contributed by atoms with Gasteiger partial charge in [0.2, 0.25) is 0 Å². The molecule has 0 unspecified atom stereocenters. The Balaban J connectivity index is 2.57. The molecule has 5 heteroatoms. The summed E-state index contributed by atoms with van der Waals surface area (Å²) >= 11 is 3.30. The van der Waals surface area contributed by atoms with Crippen LogP contribution in [0, 0.1) is 5.92 Å². The van der Waals surface area contributed by atoms with Crippen molar-refractivity contribution in [3.05, 3.63) is 34.3 Å². The summed E-state index contributed by atoms with van der Waals surface area (Å²) in [5.74, 6) is -0.453. The number of amides is 1. The fourth-order valence-corrected chi connectivity index (χ4v) is 1.82. The molecule has 0 spiro atoms. The minimum absolute atomic E-state index is 0.273. The predicted octanol–water partition coefficient (Wildman–Crippen LogP) is 2.77. The molecule has 0 bridgehead atoms. The molecule has 104 valence electrons. The fourth-order valence-electron chi connectivity index (χ4n) is 1.35. The number of carbonyl (C=O) groups is 2. The molecular formula is C14H18BrNO3. The van der Waals surface area contributed by atoms with Crippen LogP contribution in [0.3, 0.4) is 0 Å². The summed E-state index contributed by atoms with van der Waals surface area (Å²) in [6.07, 6.45) is 0. The second kappa shape index (κ2) is 7.28. The first kappa shape index (κ1) is 15.7. The summed E-state index contributed by atoms with van der Waals surface area (Å²) in [4.78, 5) is 23.6. The fraction of sp³-hybridized carbons (Fsp3) is 0.429. The number of hydrogen-bond acceptors (Lipinski definition) is 3.